The van der Waals surface area contributed by atoms with Crippen molar-refractivity contribution in [3.63, 3.8) is 0 Å². The summed E-state index contributed by atoms with van der Waals surface area (Å²) in [5, 5.41) is 0. The number of hydrogen-bond donors (Lipinski definition) is 0. The van der Waals surface area contributed by atoms with Crippen LogP contribution in [0.3, 0.4) is 0 Å². The van der Waals surface area contributed by atoms with Crippen LogP contribution in [0.15, 0.2) is 91.5 Å². The molecule has 202 valence electrons. The van der Waals surface area contributed by atoms with E-state index in [1.807, 2.05) is 90.5 Å². The lowest BCUT2D eigenvalue weighted by Gasteiger charge is -2.12. The Morgan fingerprint density at radius 1 is 0.825 bits per heavy atom. The number of aryl methyl sites for hydroxylation is 2. The molecule has 0 fully saturated rings. The Kier molecular flexibility index (Phi) is 8.71. The summed E-state index contributed by atoms with van der Waals surface area (Å²) in [4.78, 5) is 38.8. The SMILES string of the molecule is CCOC(=O)CCc1ccc(-c2nc3ccc(C(=O)CCCCn4ccnc4)cc3nc2-c2ccccc2)cc1. The Morgan fingerprint density at radius 3 is 2.30 bits per heavy atom. The second kappa shape index (κ2) is 12.9. The molecule has 0 saturated heterocycles. The number of carbonyl (C=O) groups excluding carboxylic acids is 2. The third-order valence-electron chi connectivity index (χ3n) is 6.81. The maximum absolute atomic E-state index is 13.0. The minimum atomic E-state index is -0.189. The van der Waals surface area contributed by atoms with Crippen molar-refractivity contribution in [3.8, 4) is 22.5 Å². The van der Waals surface area contributed by atoms with E-state index >= 15 is 0 Å². The van der Waals surface area contributed by atoms with Crippen LogP contribution in [0.4, 0.5) is 0 Å². The van der Waals surface area contributed by atoms with Gasteiger partial charge in [-0.1, -0.05) is 54.6 Å². The number of ketones is 1. The Bertz CT molecular complexity index is 1580. The van der Waals surface area contributed by atoms with Gasteiger partial charge in [0.05, 0.1) is 35.4 Å². The molecule has 2 heterocycles. The number of unbranched alkanes of at least 4 members (excludes halogenated alkanes) is 1. The van der Waals surface area contributed by atoms with Gasteiger partial charge in [0.25, 0.3) is 0 Å². The normalized spacial score (nSPS) is 11.0. The average molecular weight is 533 g/mol. The van der Waals surface area contributed by atoms with Crippen LogP contribution in [0.1, 0.15) is 48.5 Å². The first-order chi connectivity index (χ1) is 19.6. The van der Waals surface area contributed by atoms with Gasteiger partial charge in [-0.25, -0.2) is 15.0 Å². The summed E-state index contributed by atoms with van der Waals surface area (Å²) in [6.07, 6.45) is 8.67. The molecule has 0 spiro atoms. The van der Waals surface area contributed by atoms with Gasteiger partial charge in [-0.15, -0.1) is 0 Å². The van der Waals surface area contributed by atoms with Gasteiger partial charge in [0.15, 0.2) is 5.78 Å². The van der Waals surface area contributed by atoms with Gasteiger partial charge in [-0.05, 0) is 49.9 Å². The molecule has 40 heavy (non-hydrogen) atoms. The molecular weight excluding hydrogens is 500 g/mol. The fraction of sp³-hybridized carbons (Fsp3) is 0.242. The predicted octanol–water partition coefficient (Wildman–Crippen LogP) is 6.71. The minimum Gasteiger partial charge on any atom is -0.466 e. The van der Waals surface area contributed by atoms with Crippen LogP contribution in [-0.4, -0.2) is 37.9 Å². The van der Waals surface area contributed by atoms with Gasteiger partial charge in [0, 0.05) is 48.5 Å². The molecule has 0 unspecified atom stereocenters. The number of aromatic nitrogens is 4. The van der Waals surface area contributed by atoms with Crippen LogP contribution in [0.25, 0.3) is 33.5 Å². The van der Waals surface area contributed by atoms with Crippen LogP contribution in [0.2, 0.25) is 0 Å². The van der Waals surface area contributed by atoms with Gasteiger partial charge < -0.3 is 9.30 Å². The molecular formula is C33H32N4O3. The smallest absolute Gasteiger partial charge is 0.306 e. The Labute approximate surface area is 233 Å². The van der Waals surface area contributed by atoms with Crippen LogP contribution >= 0.6 is 0 Å². The van der Waals surface area contributed by atoms with Crippen LogP contribution in [0, 0.1) is 0 Å². The molecule has 3 aromatic carbocycles. The predicted molar refractivity (Wildman–Crippen MR) is 156 cm³/mol. The molecule has 0 amide bonds. The van der Waals surface area contributed by atoms with E-state index in [0.717, 1.165) is 53.0 Å². The van der Waals surface area contributed by atoms with E-state index in [-0.39, 0.29) is 11.8 Å². The van der Waals surface area contributed by atoms with E-state index in [9.17, 15) is 9.59 Å². The van der Waals surface area contributed by atoms with Gasteiger partial charge in [-0.2, -0.15) is 0 Å². The molecule has 0 aliphatic heterocycles. The number of nitrogens with zero attached hydrogens (tertiary/aromatic N) is 4. The number of carbonyl (C=O) groups is 2. The highest BCUT2D eigenvalue weighted by Gasteiger charge is 2.15. The van der Waals surface area contributed by atoms with Crippen LogP contribution < -0.4 is 0 Å². The van der Waals surface area contributed by atoms with Crippen molar-refractivity contribution in [1.82, 2.24) is 19.5 Å². The third-order valence-corrected chi connectivity index (χ3v) is 6.81. The van der Waals surface area contributed by atoms with Gasteiger partial charge in [0.2, 0.25) is 0 Å². The summed E-state index contributed by atoms with van der Waals surface area (Å²) in [6, 6.07) is 23.6. The number of hydrogen-bond acceptors (Lipinski definition) is 6. The largest absolute Gasteiger partial charge is 0.466 e. The van der Waals surface area contributed by atoms with E-state index in [4.69, 9.17) is 14.7 Å². The zero-order valence-electron chi connectivity index (χ0n) is 22.6. The van der Waals surface area contributed by atoms with Crippen molar-refractivity contribution in [2.75, 3.05) is 6.61 Å². The molecule has 5 rings (SSSR count). The first kappa shape index (κ1) is 26.9. The van der Waals surface area contributed by atoms with Crippen LogP contribution in [-0.2, 0) is 22.5 Å². The molecule has 0 bridgehead atoms. The maximum atomic E-state index is 13.0. The molecule has 7 heteroatoms. The van der Waals surface area contributed by atoms with Crippen molar-refractivity contribution in [2.24, 2.45) is 0 Å². The molecule has 7 nitrogen and oxygen atoms in total. The highest BCUT2D eigenvalue weighted by Crippen LogP contribution is 2.31. The standard InChI is InChI=1S/C33H32N4O3/c1-2-40-31(39)18-13-24-11-14-26(15-12-24)33-32(25-8-4-3-5-9-25)36-29-22-27(16-17-28(29)35-33)30(38)10-6-7-20-37-21-19-34-23-37/h3-5,8-9,11-12,14-17,19,21-23H,2,6-7,10,13,18,20H2,1H3. The number of fused-ring (bicyclic) bond motifs is 1. The average Bonchev–Trinajstić information content (AvgIpc) is 3.52. The van der Waals surface area contributed by atoms with Crippen molar-refractivity contribution in [3.05, 3.63) is 103 Å². The van der Waals surface area contributed by atoms with Crippen molar-refractivity contribution in [2.45, 2.75) is 45.6 Å². The number of benzene rings is 3. The van der Waals surface area contributed by atoms with Gasteiger partial charge >= 0.3 is 5.97 Å². The lowest BCUT2D eigenvalue weighted by atomic mass is 10.0. The van der Waals surface area contributed by atoms with E-state index in [1.165, 1.54) is 0 Å². The summed E-state index contributed by atoms with van der Waals surface area (Å²) < 4.78 is 7.07. The first-order valence-electron chi connectivity index (χ1n) is 13.7. The second-order valence-corrected chi connectivity index (χ2v) is 9.67. The van der Waals surface area contributed by atoms with Gasteiger partial charge in [-0.3, -0.25) is 9.59 Å². The Balaban J connectivity index is 1.38. The lowest BCUT2D eigenvalue weighted by molar-refractivity contribution is -0.143. The molecule has 5 aromatic rings. The summed E-state index contributed by atoms with van der Waals surface area (Å²) in [5.41, 5.74) is 6.56. The van der Waals surface area contributed by atoms with Crippen molar-refractivity contribution >= 4 is 22.8 Å². The van der Waals surface area contributed by atoms with Crippen molar-refractivity contribution in [1.29, 1.82) is 0 Å². The third kappa shape index (κ3) is 6.67. The fourth-order valence-electron chi connectivity index (χ4n) is 4.68. The topological polar surface area (TPSA) is 87.0 Å². The van der Waals surface area contributed by atoms with E-state index in [0.29, 0.717) is 36.9 Å². The number of ether oxygens (including phenoxy) is 1. The molecule has 0 N–H and O–H groups in total. The molecule has 0 aliphatic rings. The molecule has 0 atom stereocenters. The number of rotatable bonds is 12. The second-order valence-electron chi connectivity index (χ2n) is 9.67. The highest BCUT2D eigenvalue weighted by molar-refractivity contribution is 5.99. The first-order valence-corrected chi connectivity index (χ1v) is 13.7. The lowest BCUT2D eigenvalue weighted by Crippen LogP contribution is -2.05. The number of esters is 1. The zero-order valence-corrected chi connectivity index (χ0v) is 22.6. The number of Topliss-reactive ketones (excluding diaryl/α,β-unsaturated/α-hetero) is 1. The monoisotopic (exact) mass is 532 g/mol. The van der Waals surface area contributed by atoms with E-state index in [1.54, 1.807) is 12.5 Å². The zero-order chi connectivity index (χ0) is 27.7. The van der Waals surface area contributed by atoms with E-state index in [2.05, 4.69) is 4.98 Å². The van der Waals surface area contributed by atoms with Crippen molar-refractivity contribution < 1.29 is 14.3 Å². The molecule has 0 radical (unpaired) electrons. The summed E-state index contributed by atoms with van der Waals surface area (Å²) in [7, 11) is 0. The summed E-state index contributed by atoms with van der Waals surface area (Å²) in [5.74, 6) is -0.0799. The van der Waals surface area contributed by atoms with Gasteiger partial charge in [0.1, 0.15) is 0 Å². The molecule has 0 aliphatic carbocycles. The minimum absolute atomic E-state index is 0.109. The summed E-state index contributed by atoms with van der Waals surface area (Å²) in [6.45, 7) is 3.06. The van der Waals surface area contributed by atoms with E-state index < -0.39 is 0 Å². The maximum Gasteiger partial charge on any atom is 0.306 e. The van der Waals surface area contributed by atoms with Crippen LogP contribution in [0.5, 0.6) is 0 Å². The number of imidazole rings is 1. The summed E-state index contributed by atoms with van der Waals surface area (Å²) >= 11 is 0. The Morgan fingerprint density at radius 2 is 1.57 bits per heavy atom. The highest BCUT2D eigenvalue weighted by atomic mass is 16.5. The fourth-order valence-corrected chi connectivity index (χ4v) is 4.68. The molecule has 2 aromatic heterocycles. The molecule has 0 saturated carbocycles. The Hall–Kier alpha value is -4.65. The quantitative estimate of drug-likeness (QED) is 0.101.